The predicted octanol–water partition coefficient (Wildman–Crippen LogP) is 0.677. The van der Waals surface area contributed by atoms with Crippen LogP contribution in [0.1, 0.15) is 23.2 Å². The first-order valence-electron chi connectivity index (χ1n) is 5.92. The van der Waals surface area contributed by atoms with E-state index in [0.717, 1.165) is 12.8 Å². The first kappa shape index (κ1) is 13.1. The van der Waals surface area contributed by atoms with Crippen molar-refractivity contribution in [3.05, 3.63) is 29.8 Å². The molecule has 2 rings (SSSR count). The Kier molecular flexibility index (Phi) is 3.79. The van der Waals surface area contributed by atoms with Crippen LogP contribution in [0.2, 0.25) is 0 Å². The van der Waals surface area contributed by atoms with Gasteiger partial charge in [-0.25, -0.2) is 0 Å². The van der Waals surface area contributed by atoms with Crippen LogP contribution < -0.4 is 11.1 Å². The summed E-state index contributed by atoms with van der Waals surface area (Å²) < 4.78 is 4.84. The summed E-state index contributed by atoms with van der Waals surface area (Å²) in [6.45, 7) is -0.299. The van der Waals surface area contributed by atoms with Crippen LogP contribution in [0.25, 0.3) is 0 Å². The lowest BCUT2D eigenvalue weighted by atomic mass is 10.2. The van der Waals surface area contributed by atoms with Crippen LogP contribution in [0.5, 0.6) is 0 Å². The smallest absolute Gasteiger partial charge is 0.309 e. The van der Waals surface area contributed by atoms with Gasteiger partial charge in [0.05, 0.1) is 5.92 Å². The summed E-state index contributed by atoms with van der Waals surface area (Å²) in [5.41, 5.74) is 5.97. The van der Waals surface area contributed by atoms with Gasteiger partial charge >= 0.3 is 5.97 Å². The van der Waals surface area contributed by atoms with Gasteiger partial charge in [0.1, 0.15) is 0 Å². The molecule has 0 unspecified atom stereocenters. The first-order chi connectivity index (χ1) is 9.06. The number of carbonyl (C=O) groups excluding carboxylic acids is 3. The molecule has 0 heterocycles. The molecule has 1 aliphatic carbocycles. The molecule has 1 aromatic rings. The van der Waals surface area contributed by atoms with Crippen molar-refractivity contribution in [1.29, 1.82) is 0 Å². The van der Waals surface area contributed by atoms with Crippen molar-refractivity contribution in [3.8, 4) is 0 Å². The van der Waals surface area contributed by atoms with Crippen molar-refractivity contribution in [2.24, 2.45) is 11.7 Å². The SMILES string of the molecule is NC(=O)c1ccc(NC(=O)COC(=O)C2CC2)cc1. The molecular formula is C13H14N2O4. The Balaban J connectivity index is 1.80. The molecular weight excluding hydrogens is 248 g/mol. The average molecular weight is 262 g/mol. The van der Waals surface area contributed by atoms with Gasteiger partial charge in [0.25, 0.3) is 5.91 Å². The third-order valence-electron chi connectivity index (χ3n) is 2.71. The van der Waals surface area contributed by atoms with Crippen molar-refractivity contribution < 1.29 is 19.1 Å². The molecule has 2 amide bonds. The highest BCUT2D eigenvalue weighted by molar-refractivity contribution is 5.95. The number of amides is 2. The number of hydrogen-bond donors (Lipinski definition) is 2. The first-order valence-corrected chi connectivity index (χ1v) is 5.92. The third-order valence-corrected chi connectivity index (χ3v) is 2.71. The van der Waals surface area contributed by atoms with Crippen LogP contribution in [0, 0.1) is 5.92 Å². The molecule has 0 aliphatic heterocycles. The van der Waals surface area contributed by atoms with E-state index in [4.69, 9.17) is 10.5 Å². The number of anilines is 1. The van der Waals surface area contributed by atoms with Crippen LogP contribution in [0.15, 0.2) is 24.3 Å². The van der Waals surface area contributed by atoms with Gasteiger partial charge in [-0.3, -0.25) is 14.4 Å². The number of benzene rings is 1. The largest absolute Gasteiger partial charge is 0.455 e. The zero-order valence-electron chi connectivity index (χ0n) is 10.2. The van der Waals surface area contributed by atoms with Crippen LogP contribution in [0.3, 0.4) is 0 Å². The molecule has 0 saturated heterocycles. The predicted molar refractivity (Wildman–Crippen MR) is 67.3 cm³/mol. The summed E-state index contributed by atoms with van der Waals surface area (Å²) in [6.07, 6.45) is 1.68. The molecule has 1 aromatic carbocycles. The summed E-state index contributed by atoms with van der Waals surface area (Å²) in [7, 11) is 0. The molecule has 0 bridgehead atoms. The molecule has 0 atom stereocenters. The van der Waals surface area contributed by atoms with Gasteiger partial charge in [0.15, 0.2) is 6.61 Å². The summed E-state index contributed by atoms with van der Waals surface area (Å²) in [5, 5.41) is 2.55. The van der Waals surface area contributed by atoms with E-state index in [0.29, 0.717) is 11.3 Å². The van der Waals surface area contributed by atoms with Gasteiger partial charge in [-0.15, -0.1) is 0 Å². The van der Waals surface area contributed by atoms with Gasteiger partial charge < -0.3 is 15.8 Å². The Bertz CT molecular complexity index is 506. The van der Waals surface area contributed by atoms with E-state index in [1.807, 2.05) is 0 Å². The lowest BCUT2D eigenvalue weighted by molar-refractivity contribution is -0.148. The molecule has 1 fully saturated rings. The summed E-state index contributed by atoms with van der Waals surface area (Å²) in [5.74, 6) is -1.29. The summed E-state index contributed by atoms with van der Waals surface area (Å²) in [4.78, 5) is 33.6. The maximum absolute atomic E-state index is 11.5. The summed E-state index contributed by atoms with van der Waals surface area (Å²) in [6, 6.07) is 6.13. The highest BCUT2D eigenvalue weighted by Gasteiger charge is 2.31. The number of primary amides is 1. The molecule has 100 valence electrons. The van der Waals surface area contributed by atoms with E-state index in [2.05, 4.69) is 5.32 Å². The van der Waals surface area contributed by atoms with E-state index < -0.39 is 11.8 Å². The van der Waals surface area contributed by atoms with E-state index in [1.54, 1.807) is 12.1 Å². The topological polar surface area (TPSA) is 98.5 Å². The molecule has 19 heavy (non-hydrogen) atoms. The van der Waals surface area contributed by atoms with Crippen molar-refractivity contribution in [2.75, 3.05) is 11.9 Å². The fraction of sp³-hybridized carbons (Fsp3) is 0.308. The van der Waals surface area contributed by atoms with Gasteiger partial charge in [-0.05, 0) is 37.1 Å². The van der Waals surface area contributed by atoms with E-state index in [-0.39, 0.29) is 18.5 Å². The van der Waals surface area contributed by atoms with E-state index >= 15 is 0 Å². The molecule has 0 spiro atoms. The number of hydrogen-bond acceptors (Lipinski definition) is 4. The number of esters is 1. The molecule has 1 aliphatic rings. The van der Waals surface area contributed by atoms with Crippen LogP contribution in [-0.2, 0) is 14.3 Å². The molecule has 6 nitrogen and oxygen atoms in total. The number of carbonyl (C=O) groups is 3. The Morgan fingerprint density at radius 1 is 1.21 bits per heavy atom. The fourth-order valence-corrected chi connectivity index (χ4v) is 1.49. The minimum absolute atomic E-state index is 0.0253. The Hall–Kier alpha value is -2.37. The Labute approximate surface area is 109 Å². The average Bonchev–Trinajstić information content (AvgIpc) is 3.21. The number of ether oxygens (including phenoxy) is 1. The highest BCUT2D eigenvalue weighted by atomic mass is 16.5. The van der Waals surface area contributed by atoms with Crippen molar-refractivity contribution in [2.45, 2.75) is 12.8 Å². The van der Waals surface area contributed by atoms with E-state index in [9.17, 15) is 14.4 Å². The van der Waals surface area contributed by atoms with Crippen molar-refractivity contribution in [1.82, 2.24) is 0 Å². The molecule has 1 saturated carbocycles. The zero-order valence-corrected chi connectivity index (χ0v) is 10.2. The fourth-order valence-electron chi connectivity index (χ4n) is 1.49. The number of nitrogens with one attached hydrogen (secondary N) is 1. The van der Waals surface area contributed by atoms with Crippen LogP contribution in [-0.4, -0.2) is 24.4 Å². The minimum atomic E-state index is -0.531. The second-order valence-corrected chi connectivity index (χ2v) is 4.37. The number of rotatable bonds is 5. The minimum Gasteiger partial charge on any atom is -0.455 e. The Morgan fingerprint density at radius 2 is 1.84 bits per heavy atom. The third kappa shape index (κ3) is 3.80. The van der Waals surface area contributed by atoms with Crippen molar-refractivity contribution >= 4 is 23.5 Å². The highest BCUT2D eigenvalue weighted by Crippen LogP contribution is 2.29. The maximum Gasteiger partial charge on any atom is 0.309 e. The molecule has 0 aromatic heterocycles. The maximum atomic E-state index is 11.5. The zero-order chi connectivity index (χ0) is 13.8. The molecule has 3 N–H and O–H groups in total. The molecule has 0 radical (unpaired) electrons. The van der Waals surface area contributed by atoms with Gasteiger partial charge in [0.2, 0.25) is 5.91 Å². The second-order valence-electron chi connectivity index (χ2n) is 4.37. The van der Waals surface area contributed by atoms with Crippen LogP contribution in [0.4, 0.5) is 5.69 Å². The van der Waals surface area contributed by atoms with E-state index in [1.165, 1.54) is 12.1 Å². The van der Waals surface area contributed by atoms with Crippen molar-refractivity contribution in [3.63, 3.8) is 0 Å². The Morgan fingerprint density at radius 3 is 2.37 bits per heavy atom. The van der Waals surface area contributed by atoms with Gasteiger partial charge in [0, 0.05) is 11.3 Å². The summed E-state index contributed by atoms with van der Waals surface area (Å²) >= 11 is 0. The second kappa shape index (κ2) is 5.51. The lowest BCUT2D eigenvalue weighted by Gasteiger charge is -2.06. The number of nitrogens with two attached hydrogens (primary N) is 1. The van der Waals surface area contributed by atoms with Crippen LogP contribution >= 0.6 is 0 Å². The normalized spacial score (nSPS) is 13.7. The standard InChI is InChI=1S/C13H14N2O4/c14-12(17)8-3-5-10(6-4-8)15-11(16)7-19-13(18)9-1-2-9/h3-6,9H,1-2,7H2,(H2,14,17)(H,15,16). The van der Waals surface area contributed by atoms with Gasteiger partial charge in [-0.1, -0.05) is 0 Å². The quantitative estimate of drug-likeness (QED) is 0.762. The lowest BCUT2D eigenvalue weighted by Crippen LogP contribution is -2.21. The van der Waals surface area contributed by atoms with Gasteiger partial charge in [-0.2, -0.15) is 0 Å². The monoisotopic (exact) mass is 262 g/mol. The molecule has 6 heteroatoms.